The summed E-state index contributed by atoms with van der Waals surface area (Å²) >= 11 is 0. The number of carbonyl (C=O) groups is 1. The van der Waals surface area contributed by atoms with E-state index in [9.17, 15) is 9.90 Å². The second-order valence-corrected chi connectivity index (χ2v) is 3.91. The zero-order valence-electron chi connectivity index (χ0n) is 9.55. The predicted octanol–water partition coefficient (Wildman–Crippen LogP) is 1.92. The molecule has 0 saturated heterocycles. The molecule has 2 N–H and O–H groups in total. The Bertz CT molecular complexity index is 365. The van der Waals surface area contributed by atoms with Crippen LogP contribution in [0.2, 0.25) is 0 Å². The molecule has 2 unspecified atom stereocenters. The molecule has 2 atom stereocenters. The number of carboxylic acid groups (broad SMARTS) is 1. The molecule has 0 amide bonds. The molecule has 1 heterocycles. The van der Waals surface area contributed by atoms with E-state index in [4.69, 9.17) is 5.11 Å². The highest BCUT2D eigenvalue weighted by Crippen LogP contribution is 2.27. The van der Waals surface area contributed by atoms with Gasteiger partial charge < -0.3 is 10.2 Å². The van der Waals surface area contributed by atoms with Gasteiger partial charge in [0.15, 0.2) is 0 Å². The third kappa shape index (κ3) is 2.79. The SMILES string of the molecule is CCCC(C(=O)O)C(O)c1cnccc1C. The number of aromatic nitrogens is 1. The molecule has 0 aliphatic heterocycles. The Balaban J connectivity index is 2.94. The highest BCUT2D eigenvalue weighted by atomic mass is 16.4. The van der Waals surface area contributed by atoms with Gasteiger partial charge in [0.2, 0.25) is 0 Å². The van der Waals surface area contributed by atoms with Gasteiger partial charge in [0, 0.05) is 18.0 Å². The van der Waals surface area contributed by atoms with E-state index in [0.717, 1.165) is 12.0 Å². The molecule has 0 bridgehead atoms. The highest BCUT2D eigenvalue weighted by molar-refractivity contribution is 5.71. The van der Waals surface area contributed by atoms with E-state index in [0.29, 0.717) is 12.0 Å². The summed E-state index contributed by atoms with van der Waals surface area (Å²) in [4.78, 5) is 15.0. The topological polar surface area (TPSA) is 70.4 Å². The molecule has 0 aliphatic rings. The summed E-state index contributed by atoms with van der Waals surface area (Å²) in [6, 6.07) is 1.77. The smallest absolute Gasteiger partial charge is 0.309 e. The minimum absolute atomic E-state index is 0.463. The molecule has 88 valence electrons. The third-order valence-corrected chi connectivity index (χ3v) is 2.70. The molecule has 4 heteroatoms. The summed E-state index contributed by atoms with van der Waals surface area (Å²) in [6.07, 6.45) is 3.37. The largest absolute Gasteiger partial charge is 0.481 e. The molecule has 1 aromatic heterocycles. The predicted molar refractivity (Wildman–Crippen MR) is 60.0 cm³/mol. The molecule has 0 fully saturated rings. The van der Waals surface area contributed by atoms with Crippen molar-refractivity contribution in [3.8, 4) is 0 Å². The minimum atomic E-state index is -0.980. The van der Waals surface area contributed by atoms with Crippen LogP contribution in [-0.2, 0) is 4.79 Å². The third-order valence-electron chi connectivity index (χ3n) is 2.70. The lowest BCUT2D eigenvalue weighted by atomic mass is 9.91. The van der Waals surface area contributed by atoms with Gasteiger partial charge in [0.25, 0.3) is 0 Å². The Morgan fingerprint density at radius 1 is 1.56 bits per heavy atom. The van der Waals surface area contributed by atoms with Gasteiger partial charge in [0.05, 0.1) is 12.0 Å². The van der Waals surface area contributed by atoms with Crippen LogP contribution >= 0.6 is 0 Å². The summed E-state index contributed by atoms with van der Waals surface area (Å²) in [5.41, 5.74) is 1.47. The lowest BCUT2D eigenvalue weighted by Crippen LogP contribution is -2.22. The van der Waals surface area contributed by atoms with E-state index >= 15 is 0 Å². The summed E-state index contributed by atoms with van der Waals surface area (Å²) in [7, 11) is 0. The number of pyridine rings is 1. The van der Waals surface area contributed by atoms with Gasteiger partial charge in [-0.3, -0.25) is 9.78 Å². The maximum Gasteiger partial charge on any atom is 0.309 e. The van der Waals surface area contributed by atoms with E-state index < -0.39 is 18.0 Å². The molecule has 0 aliphatic carbocycles. The molecule has 0 radical (unpaired) electrons. The van der Waals surface area contributed by atoms with Crippen molar-refractivity contribution in [3.63, 3.8) is 0 Å². The van der Waals surface area contributed by atoms with Crippen molar-refractivity contribution < 1.29 is 15.0 Å². The number of hydrogen-bond donors (Lipinski definition) is 2. The standard InChI is InChI=1S/C12H17NO3/c1-3-4-9(12(15)16)11(14)10-7-13-6-5-8(10)2/h5-7,9,11,14H,3-4H2,1-2H3,(H,15,16). The summed E-state index contributed by atoms with van der Waals surface area (Å²) < 4.78 is 0. The van der Waals surface area contributed by atoms with Crippen molar-refractivity contribution in [2.24, 2.45) is 5.92 Å². The monoisotopic (exact) mass is 223 g/mol. The fourth-order valence-electron chi connectivity index (χ4n) is 1.73. The van der Waals surface area contributed by atoms with Crippen LogP contribution in [0.5, 0.6) is 0 Å². The Morgan fingerprint density at radius 3 is 2.75 bits per heavy atom. The second-order valence-electron chi connectivity index (χ2n) is 3.91. The van der Waals surface area contributed by atoms with E-state index in [1.807, 2.05) is 13.8 Å². The van der Waals surface area contributed by atoms with Gasteiger partial charge in [-0.05, 0) is 25.0 Å². The van der Waals surface area contributed by atoms with Gasteiger partial charge >= 0.3 is 5.97 Å². The maximum absolute atomic E-state index is 11.0. The van der Waals surface area contributed by atoms with Crippen LogP contribution in [0, 0.1) is 12.8 Å². The lowest BCUT2D eigenvalue weighted by molar-refractivity contribution is -0.146. The number of aliphatic hydroxyl groups excluding tert-OH is 1. The minimum Gasteiger partial charge on any atom is -0.481 e. The number of carboxylic acids is 1. The second kappa shape index (κ2) is 5.61. The molecule has 1 rings (SSSR count). The molecule has 0 spiro atoms. The average molecular weight is 223 g/mol. The lowest BCUT2D eigenvalue weighted by Gasteiger charge is -2.19. The number of aliphatic carboxylic acids is 1. The first-order chi connectivity index (χ1) is 7.57. The van der Waals surface area contributed by atoms with Gasteiger partial charge in [0.1, 0.15) is 0 Å². The van der Waals surface area contributed by atoms with Crippen molar-refractivity contribution in [1.82, 2.24) is 4.98 Å². The van der Waals surface area contributed by atoms with E-state index in [2.05, 4.69) is 4.98 Å². The van der Waals surface area contributed by atoms with Crippen LogP contribution in [0.25, 0.3) is 0 Å². The number of nitrogens with zero attached hydrogens (tertiary/aromatic N) is 1. The van der Waals surface area contributed by atoms with Gasteiger partial charge in [-0.15, -0.1) is 0 Å². The molecule has 4 nitrogen and oxygen atoms in total. The van der Waals surface area contributed by atoms with Crippen molar-refractivity contribution in [2.45, 2.75) is 32.8 Å². The summed E-state index contributed by atoms with van der Waals surface area (Å²) in [5.74, 6) is -1.72. The zero-order valence-corrected chi connectivity index (χ0v) is 9.55. The first-order valence-electron chi connectivity index (χ1n) is 5.39. The molecule has 0 aromatic carbocycles. The molecule has 0 saturated carbocycles. The number of rotatable bonds is 5. The van der Waals surface area contributed by atoms with Crippen molar-refractivity contribution in [3.05, 3.63) is 29.6 Å². The molecule has 16 heavy (non-hydrogen) atoms. The van der Waals surface area contributed by atoms with E-state index in [-0.39, 0.29) is 0 Å². The zero-order chi connectivity index (χ0) is 12.1. The van der Waals surface area contributed by atoms with Crippen LogP contribution in [-0.4, -0.2) is 21.2 Å². The van der Waals surface area contributed by atoms with Crippen molar-refractivity contribution in [2.75, 3.05) is 0 Å². The van der Waals surface area contributed by atoms with Crippen LogP contribution < -0.4 is 0 Å². The van der Waals surface area contributed by atoms with E-state index in [1.165, 1.54) is 6.20 Å². The Labute approximate surface area is 95.0 Å². The normalized spacial score (nSPS) is 14.4. The Hall–Kier alpha value is -1.42. The van der Waals surface area contributed by atoms with Crippen molar-refractivity contribution in [1.29, 1.82) is 0 Å². The fraction of sp³-hybridized carbons (Fsp3) is 0.500. The summed E-state index contributed by atoms with van der Waals surface area (Å²) in [5, 5.41) is 19.1. The van der Waals surface area contributed by atoms with Gasteiger partial charge in [-0.2, -0.15) is 0 Å². The highest BCUT2D eigenvalue weighted by Gasteiger charge is 2.27. The Morgan fingerprint density at radius 2 is 2.25 bits per heavy atom. The number of aryl methyl sites for hydroxylation is 1. The van der Waals surface area contributed by atoms with E-state index in [1.54, 1.807) is 12.3 Å². The maximum atomic E-state index is 11.0. The summed E-state index contributed by atoms with van der Waals surface area (Å²) in [6.45, 7) is 3.74. The first kappa shape index (κ1) is 12.6. The number of aliphatic hydroxyl groups is 1. The van der Waals surface area contributed by atoms with Gasteiger partial charge in [-0.1, -0.05) is 13.3 Å². The Kier molecular flexibility index (Phi) is 4.43. The molecule has 1 aromatic rings. The van der Waals surface area contributed by atoms with Crippen molar-refractivity contribution >= 4 is 5.97 Å². The fourth-order valence-corrected chi connectivity index (χ4v) is 1.73. The molecular formula is C12H17NO3. The quantitative estimate of drug-likeness (QED) is 0.800. The van der Waals surface area contributed by atoms with Crippen LogP contribution in [0.3, 0.4) is 0 Å². The van der Waals surface area contributed by atoms with Crippen LogP contribution in [0.15, 0.2) is 18.5 Å². The molecular weight excluding hydrogens is 206 g/mol. The average Bonchev–Trinajstić information content (AvgIpc) is 2.25. The van der Waals surface area contributed by atoms with Gasteiger partial charge in [-0.25, -0.2) is 0 Å². The first-order valence-corrected chi connectivity index (χ1v) is 5.39. The number of hydrogen-bond acceptors (Lipinski definition) is 3. The van der Waals surface area contributed by atoms with Crippen LogP contribution in [0.1, 0.15) is 37.0 Å². The van der Waals surface area contributed by atoms with Crippen LogP contribution in [0.4, 0.5) is 0 Å².